The SMILES string of the molecule is CC1CC(CC(=O)OC(C)(C)C)c2cc(F)ccc2N1. The largest absolute Gasteiger partial charge is 0.460 e. The van der Waals surface area contributed by atoms with Crippen LogP contribution in [0.25, 0.3) is 0 Å². The van der Waals surface area contributed by atoms with Crippen LogP contribution >= 0.6 is 0 Å². The van der Waals surface area contributed by atoms with Crippen molar-refractivity contribution < 1.29 is 13.9 Å². The number of nitrogens with one attached hydrogen (secondary N) is 1. The Morgan fingerprint density at radius 3 is 2.80 bits per heavy atom. The number of carbonyl (C=O) groups excluding carboxylic acids is 1. The number of ether oxygens (including phenoxy) is 1. The van der Waals surface area contributed by atoms with Gasteiger partial charge in [0.2, 0.25) is 0 Å². The number of carbonyl (C=O) groups is 1. The van der Waals surface area contributed by atoms with Gasteiger partial charge in [-0.2, -0.15) is 0 Å². The van der Waals surface area contributed by atoms with E-state index in [2.05, 4.69) is 12.2 Å². The van der Waals surface area contributed by atoms with E-state index in [0.29, 0.717) is 6.42 Å². The zero-order valence-electron chi connectivity index (χ0n) is 12.5. The summed E-state index contributed by atoms with van der Waals surface area (Å²) >= 11 is 0. The topological polar surface area (TPSA) is 38.3 Å². The Hall–Kier alpha value is -1.58. The van der Waals surface area contributed by atoms with E-state index >= 15 is 0 Å². The van der Waals surface area contributed by atoms with E-state index in [0.717, 1.165) is 17.7 Å². The predicted molar refractivity (Wildman–Crippen MR) is 77.3 cm³/mol. The molecule has 0 bridgehead atoms. The van der Waals surface area contributed by atoms with Crippen LogP contribution in [0.4, 0.5) is 10.1 Å². The number of hydrogen-bond acceptors (Lipinski definition) is 3. The molecule has 0 radical (unpaired) electrons. The summed E-state index contributed by atoms with van der Waals surface area (Å²) in [6.07, 6.45) is 1.09. The van der Waals surface area contributed by atoms with E-state index < -0.39 is 5.60 Å². The van der Waals surface area contributed by atoms with Crippen LogP contribution in [0.3, 0.4) is 0 Å². The minimum atomic E-state index is -0.486. The second-order valence-corrected chi connectivity index (χ2v) is 6.50. The van der Waals surface area contributed by atoms with Gasteiger partial charge in [-0.3, -0.25) is 4.79 Å². The molecule has 0 aliphatic carbocycles. The average Bonchev–Trinajstić information content (AvgIpc) is 2.27. The Bertz CT molecular complexity index is 508. The van der Waals surface area contributed by atoms with Gasteiger partial charge in [-0.25, -0.2) is 4.39 Å². The van der Waals surface area contributed by atoms with Crippen molar-refractivity contribution in [1.29, 1.82) is 0 Å². The van der Waals surface area contributed by atoms with Crippen molar-refractivity contribution in [1.82, 2.24) is 0 Å². The highest BCUT2D eigenvalue weighted by Crippen LogP contribution is 2.37. The van der Waals surface area contributed by atoms with Crippen molar-refractivity contribution in [3.8, 4) is 0 Å². The van der Waals surface area contributed by atoms with Crippen LogP contribution < -0.4 is 5.32 Å². The third-order valence-corrected chi connectivity index (χ3v) is 3.33. The molecule has 2 unspecified atom stereocenters. The summed E-state index contributed by atoms with van der Waals surface area (Å²) < 4.78 is 18.8. The Morgan fingerprint density at radius 1 is 1.45 bits per heavy atom. The smallest absolute Gasteiger partial charge is 0.306 e. The van der Waals surface area contributed by atoms with E-state index in [1.54, 1.807) is 6.07 Å². The molecule has 3 nitrogen and oxygen atoms in total. The van der Waals surface area contributed by atoms with Gasteiger partial charge in [-0.1, -0.05) is 0 Å². The summed E-state index contributed by atoms with van der Waals surface area (Å²) in [5.41, 5.74) is 1.30. The van der Waals surface area contributed by atoms with Crippen LogP contribution in [0.5, 0.6) is 0 Å². The second-order valence-electron chi connectivity index (χ2n) is 6.50. The normalized spacial score (nSPS) is 21.9. The molecule has 1 N–H and O–H groups in total. The molecule has 0 saturated carbocycles. The molecule has 1 aliphatic rings. The van der Waals surface area contributed by atoms with Crippen LogP contribution in [-0.2, 0) is 9.53 Å². The van der Waals surface area contributed by atoms with Crippen LogP contribution in [0.2, 0.25) is 0 Å². The van der Waals surface area contributed by atoms with Crippen LogP contribution in [0.15, 0.2) is 18.2 Å². The molecule has 1 aromatic carbocycles. The number of rotatable bonds is 2. The van der Waals surface area contributed by atoms with E-state index in [4.69, 9.17) is 4.74 Å². The lowest BCUT2D eigenvalue weighted by atomic mass is 9.85. The Balaban J connectivity index is 2.17. The number of halogens is 1. The van der Waals surface area contributed by atoms with E-state index in [9.17, 15) is 9.18 Å². The number of anilines is 1. The van der Waals surface area contributed by atoms with Gasteiger partial charge >= 0.3 is 5.97 Å². The molecular formula is C16H22FNO2. The van der Waals surface area contributed by atoms with Gasteiger partial charge in [-0.15, -0.1) is 0 Å². The van der Waals surface area contributed by atoms with E-state index in [1.807, 2.05) is 20.8 Å². The molecule has 0 spiro atoms. The summed E-state index contributed by atoms with van der Waals surface area (Å²) in [7, 11) is 0. The van der Waals surface area contributed by atoms with Crippen LogP contribution in [-0.4, -0.2) is 17.6 Å². The summed E-state index contributed by atoms with van der Waals surface area (Å²) in [6.45, 7) is 7.62. The molecule has 1 heterocycles. The van der Waals surface area contributed by atoms with Gasteiger partial charge < -0.3 is 10.1 Å². The van der Waals surface area contributed by atoms with Crippen molar-refractivity contribution in [2.24, 2.45) is 0 Å². The zero-order valence-corrected chi connectivity index (χ0v) is 12.5. The first kappa shape index (κ1) is 14.8. The third-order valence-electron chi connectivity index (χ3n) is 3.33. The van der Waals surface area contributed by atoms with Crippen LogP contribution in [0.1, 0.15) is 52.0 Å². The molecule has 4 heteroatoms. The zero-order chi connectivity index (χ0) is 14.9. The maximum Gasteiger partial charge on any atom is 0.306 e. The summed E-state index contributed by atoms with van der Waals surface area (Å²) in [6, 6.07) is 4.96. The number of hydrogen-bond donors (Lipinski definition) is 1. The molecule has 110 valence electrons. The van der Waals surface area contributed by atoms with Gasteiger partial charge in [0.25, 0.3) is 0 Å². The average molecular weight is 279 g/mol. The molecule has 20 heavy (non-hydrogen) atoms. The Morgan fingerprint density at radius 2 is 2.15 bits per heavy atom. The Kier molecular flexibility index (Phi) is 4.02. The van der Waals surface area contributed by atoms with Gasteiger partial charge in [0.1, 0.15) is 11.4 Å². The number of fused-ring (bicyclic) bond motifs is 1. The monoisotopic (exact) mass is 279 g/mol. The maximum absolute atomic E-state index is 13.4. The standard InChI is InChI=1S/C16H22FNO2/c1-10-7-11(8-15(19)20-16(2,3)4)13-9-12(17)5-6-14(13)18-10/h5-6,9-11,18H,7-8H2,1-4H3. The molecule has 0 fully saturated rings. The predicted octanol–water partition coefficient (Wildman–Crippen LogP) is 3.85. The maximum atomic E-state index is 13.4. The highest BCUT2D eigenvalue weighted by Gasteiger charge is 2.28. The van der Waals surface area contributed by atoms with Crippen LogP contribution in [0, 0.1) is 5.82 Å². The van der Waals surface area contributed by atoms with Gasteiger partial charge in [-0.05, 0) is 63.8 Å². The summed E-state index contributed by atoms with van der Waals surface area (Å²) in [4.78, 5) is 12.0. The first-order chi connectivity index (χ1) is 9.24. The molecule has 2 rings (SSSR count). The minimum absolute atomic E-state index is 0.00630. The van der Waals surface area contributed by atoms with Crippen molar-refractivity contribution in [2.45, 2.75) is 58.1 Å². The number of esters is 1. The second kappa shape index (κ2) is 5.43. The fraction of sp³-hybridized carbons (Fsp3) is 0.562. The van der Waals surface area contributed by atoms with Crippen molar-refractivity contribution in [3.05, 3.63) is 29.6 Å². The van der Waals surface area contributed by atoms with Gasteiger partial charge in [0.05, 0.1) is 6.42 Å². The quantitative estimate of drug-likeness (QED) is 0.836. The summed E-state index contributed by atoms with van der Waals surface area (Å²) in [5, 5.41) is 3.32. The minimum Gasteiger partial charge on any atom is -0.460 e. The first-order valence-corrected chi connectivity index (χ1v) is 7.02. The first-order valence-electron chi connectivity index (χ1n) is 7.02. The van der Waals surface area contributed by atoms with Crippen molar-refractivity contribution in [2.75, 3.05) is 5.32 Å². The van der Waals surface area contributed by atoms with Gasteiger partial charge in [0, 0.05) is 11.7 Å². The lowest BCUT2D eigenvalue weighted by Crippen LogP contribution is -2.29. The molecule has 1 aromatic rings. The summed E-state index contributed by atoms with van der Waals surface area (Å²) in [5.74, 6) is -0.493. The van der Waals surface area contributed by atoms with E-state index in [1.165, 1.54) is 12.1 Å². The molecular weight excluding hydrogens is 257 g/mol. The molecule has 0 aromatic heterocycles. The highest BCUT2D eigenvalue weighted by molar-refractivity contribution is 5.72. The molecule has 0 amide bonds. The van der Waals surface area contributed by atoms with Gasteiger partial charge in [0.15, 0.2) is 0 Å². The lowest BCUT2D eigenvalue weighted by Gasteiger charge is -2.31. The Labute approximate surface area is 119 Å². The van der Waals surface area contributed by atoms with Crippen molar-refractivity contribution >= 4 is 11.7 Å². The number of benzene rings is 1. The van der Waals surface area contributed by atoms with Crippen molar-refractivity contribution in [3.63, 3.8) is 0 Å². The molecule has 2 atom stereocenters. The molecule has 1 aliphatic heterocycles. The third kappa shape index (κ3) is 3.71. The highest BCUT2D eigenvalue weighted by atomic mass is 19.1. The fourth-order valence-electron chi connectivity index (χ4n) is 2.66. The molecule has 0 saturated heterocycles. The van der Waals surface area contributed by atoms with E-state index in [-0.39, 0.29) is 23.7 Å². The fourth-order valence-corrected chi connectivity index (χ4v) is 2.66. The lowest BCUT2D eigenvalue weighted by molar-refractivity contribution is -0.155.